The van der Waals surface area contributed by atoms with Crippen molar-refractivity contribution in [1.82, 2.24) is 5.01 Å². The molecule has 186 valence electrons. The van der Waals surface area contributed by atoms with E-state index >= 15 is 0 Å². The first-order valence-corrected chi connectivity index (χ1v) is 12.5. The van der Waals surface area contributed by atoms with Crippen molar-refractivity contribution in [2.45, 2.75) is 0 Å². The molecule has 10 heteroatoms. The Bertz CT molecular complexity index is 1450. The van der Waals surface area contributed by atoms with Crippen molar-refractivity contribution in [2.75, 3.05) is 20.3 Å². The van der Waals surface area contributed by atoms with E-state index in [1.807, 2.05) is 54.6 Å². The average molecular weight is 533 g/mol. The van der Waals surface area contributed by atoms with E-state index in [-0.39, 0.29) is 11.4 Å². The van der Waals surface area contributed by atoms with Crippen LogP contribution in [-0.4, -0.2) is 47.3 Å². The molecular weight excluding hydrogens is 512 g/mol. The topological polar surface area (TPSA) is 96.6 Å². The number of aliphatic imine (C=N–C) groups is 1. The molecule has 0 aliphatic carbocycles. The Labute approximate surface area is 222 Å². The number of carbonyl (C=O) groups is 1. The summed E-state index contributed by atoms with van der Waals surface area (Å²) >= 11 is 7.50. The number of nitrogens with zero attached hydrogens (tertiary/aromatic N) is 3. The third-order valence-electron chi connectivity index (χ3n) is 5.41. The van der Waals surface area contributed by atoms with Gasteiger partial charge in [-0.25, -0.2) is 0 Å². The van der Waals surface area contributed by atoms with E-state index in [1.165, 1.54) is 16.8 Å². The Hall–Kier alpha value is -4.08. The van der Waals surface area contributed by atoms with Gasteiger partial charge in [-0.3, -0.25) is 10.2 Å². The molecule has 0 saturated heterocycles. The maximum absolute atomic E-state index is 12.7. The quantitative estimate of drug-likeness (QED) is 0.305. The summed E-state index contributed by atoms with van der Waals surface area (Å²) in [6.07, 6.45) is 1.62. The lowest BCUT2D eigenvalue weighted by molar-refractivity contribution is -0.114. The summed E-state index contributed by atoms with van der Waals surface area (Å²) in [4.78, 5) is 16.8. The number of methoxy groups -OCH3 is 1. The fourth-order valence-electron chi connectivity index (χ4n) is 3.57. The number of amidine groups is 2. The Morgan fingerprint density at radius 3 is 2.46 bits per heavy atom. The number of hydrogen-bond donors (Lipinski definition) is 1. The summed E-state index contributed by atoms with van der Waals surface area (Å²) in [5.41, 5.74) is 1.60. The molecule has 37 heavy (non-hydrogen) atoms. The molecular formula is C27H21ClN4O4S. The minimum Gasteiger partial charge on any atom is -0.497 e. The monoisotopic (exact) mass is 532 g/mol. The predicted molar refractivity (Wildman–Crippen MR) is 146 cm³/mol. The van der Waals surface area contributed by atoms with Crippen LogP contribution in [0.1, 0.15) is 11.1 Å². The minimum absolute atomic E-state index is 0.0421. The average Bonchev–Trinajstić information content (AvgIpc) is 3.34. The van der Waals surface area contributed by atoms with Gasteiger partial charge in [0.05, 0.1) is 17.7 Å². The van der Waals surface area contributed by atoms with Crippen LogP contribution in [0.4, 0.5) is 0 Å². The smallest absolute Gasteiger partial charge is 0.283 e. The van der Waals surface area contributed by atoms with Gasteiger partial charge >= 0.3 is 0 Å². The zero-order chi connectivity index (χ0) is 25.8. The summed E-state index contributed by atoms with van der Waals surface area (Å²) in [7, 11) is 1.61. The molecule has 3 aromatic rings. The van der Waals surface area contributed by atoms with Gasteiger partial charge in [-0.05, 0) is 53.7 Å². The molecule has 0 bridgehead atoms. The molecule has 0 spiro atoms. The van der Waals surface area contributed by atoms with Crippen LogP contribution in [0.15, 0.2) is 88.5 Å². The number of benzene rings is 3. The maximum Gasteiger partial charge on any atom is 0.283 e. The molecule has 2 aliphatic heterocycles. The summed E-state index contributed by atoms with van der Waals surface area (Å²) in [5, 5.41) is 15.9. The van der Waals surface area contributed by atoms with Crippen LogP contribution in [0, 0.1) is 5.41 Å². The van der Waals surface area contributed by atoms with E-state index in [0.29, 0.717) is 39.9 Å². The molecule has 1 amide bonds. The van der Waals surface area contributed by atoms with Gasteiger partial charge in [-0.2, -0.15) is 15.1 Å². The first kappa shape index (κ1) is 24.6. The lowest BCUT2D eigenvalue weighted by Crippen LogP contribution is -2.35. The number of hydrogen-bond acceptors (Lipinski definition) is 7. The summed E-state index contributed by atoms with van der Waals surface area (Å²) in [6, 6.07) is 21.9. The molecule has 1 N–H and O–H groups in total. The largest absolute Gasteiger partial charge is 0.497 e. The van der Waals surface area contributed by atoms with Gasteiger partial charge in [0.25, 0.3) is 5.91 Å². The van der Waals surface area contributed by atoms with Crippen LogP contribution in [0.25, 0.3) is 6.08 Å². The fraction of sp³-hybridized carbons (Fsp3) is 0.111. The summed E-state index contributed by atoms with van der Waals surface area (Å²) < 4.78 is 16.6. The number of halogens is 1. The van der Waals surface area contributed by atoms with Crippen molar-refractivity contribution < 1.29 is 19.0 Å². The van der Waals surface area contributed by atoms with E-state index in [1.54, 1.807) is 31.4 Å². The van der Waals surface area contributed by atoms with Crippen molar-refractivity contribution in [1.29, 1.82) is 5.41 Å². The first-order chi connectivity index (χ1) is 18.0. The van der Waals surface area contributed by atoms with Gasteiger partial charge in [-0.1, -0.05) is 48.0 Å². The molecule has 0 unspecified atom stereocenters. The number of thioether (sulfide) groups is 1. The number of amides is 1. The van der Waals surface area contributed by atoms with Crippen LogP contribution < -0.4 is 14.2 Å². The van der Waals surface area contributed by atoms with Crippen molar-refractivity contribution in [3.63, 3.8) is 0 Å². The molecule has 3 aromatic carbocycles. The van der Waals surface area contributed by atoms with Crippen LogP contribution in [0.3, 0.4) is 0 Å². The third-order valence-corrected chi connectivity index (χ3v) is 6.68. The maximum atomic E-state index is 12.7. The van der Waals surface area contributed by atoms with Crippen molar-refractivity contribution in [3.8, 4) is 17.2 Å². The Morgan fingerprint density at radius 1 is 0.973 bits per heavy atom. The molecule has 0 radical (unpaired) electrons. The second-order valence-corrected chi connectivity index (χ2v) is 9.21. The minimum atomic E-state index is -0.491. The van der Waals surface area contributed by atoms with Crippen LogP contribution in [0.2, 0.25) is 5.02 Å². The number of fused-ring (bicyclic) bond motifs is 1. The number of rotatable bonds is 8. The summed E-state index contributed by atoms with van der Waals surface area (Å²) in [5.74, 6) is 1.56. The normalized spacial score (nSPS) is 15.8. The van der Waals surface area contributed by atoms with Crippen LogP contribution in [-0.2, 0) is 4.79 Å². The van der Waals surface area contributed by atoms with Gasteiger partial charge in [0.1, 0.15) is 35.5 Å². The molecule has 2 heterocycles. The molecule has 2 aliphatic rings. The predicted octanol–water partition coefficient (Wildman–Crippen LogP) is 5.47. The van der Waals surface area contributed by atoms with E-state index < -0.39 is 5.91 Å². The van der Waals surface area contributed by atoms with Gasteiger partial charge in [0.15, 0.2) is 5.84 Å². The van der Waals surface area contributed by atoms with Gasteiger partial charge in [-0.15, -0.1) is 0 Å². The fourth-order valence-corrected chi connectivity index (χ4v) is 4.78. The zero-order valence-electron chi connectivity index (χ0n) is 19.7. The number of hydrazone groups is 1. The SMILES string of the molecule is COc1cccc(OCCOc2ccc(C=C3C(=N)N4N=C(c5ccccc5Cl)SC4=NC3=O)cc2)c1. The highest BCUT2D eigenvalue weighted by atomic mass is 35.5. The second-order valence-electron chi connectivity index (χ2n) is 7.85. The van der Waals surface area contributed by atoms with Crippen LogP contribution >= 0.6 is 23.4 Å². The van der Waals surface area contributed by atoms with E-state index in [0.717, 1.165) is 16.9 Å². The first-order valence-electron chi connectivity index (χ1n) is 11.3. The third kappa shape index (κ3) is 5.52. The number of ether oxygens (including phenoxy) is 3. The standard InChI is InChI=1S/C27H21ClN4O4S/c1-34-19-5-4-6-20(16-19)36-14-13-35-18-11-9-17(10-12-18)15-22-24(29)32-27(30-25(22)33)37-26(31-32)21-7-2-3-8-23(21)28/h2-12,15-16,29H,13-14H2,1H3. The van der Waals surface area contributed by atoms with E-state index in [4.69, 9.17) is 31.2 Å². The van der Waals surface area contributed by atoms with Crippen molar-refractivity contribution >= 4 is 51.4 Å². The van der Waals surface area contributed by atoms with Gasteiger partial charge in [0.2, 0.25) is 5.17 Å². The highest BCUT2D eigenvalue weighted by Crippen LogP contribution is 2.33. The lowest BCUT2D eigenvalue weighted by atomic mass is 10.1. The summed E-state index contributed by atoms with van der Waals surface area (Å²) in [6.45, 7) is 0.728. The number of nitrogens with one attached hydrogen (secondary N) is 1. The Morgan fingerprint density at radius 2 is 1.70 bits per heavy atom. The molecule has 0 saturated carbocycles. The van der Waals surface area contributed by atoms with E-state index in [2.05, 4.69) is 10.1 Å². The van der Waals surface area contributed by atoms with Crippen molar-refractivity contribution in [3.05, 3.63) is 94.5 Å². The Kier molecular flexibility index (Phi) is 7.25. The molecule has 8 nitrogen and oxygen atoms in total. The molecule has 0 aromatic heterocycles. The molecule has 5 rings (SSSR count). The number of carbonyl (C=O) groups excluding carboxylic acids is 1. The van der Waals surface area contributed by atoms with Crippen molar-refractivity contribution in [2.24, 2.45) is 10.1 Å². The Balaban J connectivity index is 1.22. The highest BCUT2D eigenvalue weighted by Gasteiger charge is 2.36. The van der Waals surface area contributed by atoms with E-state index in [9.17, 15) is 4.79 Å². The van der Waals surface area contributed by atoms with Crippen LogP contribution in [0.5, 0.6) is 17.2 Å². The zero-order valence-corrected chi connectivity index (χ0v) is 21.3. The molecule has 0 fully saturated rings. The lowest BCUT2D eigenvalue weighted by Gasteiger charge is -2.20. The highest BCUT2D eigenvalue weighted by molar-refractivity contribution is 8.27. The second kappa shape index (κ2) is 10.9. The van der Waals surface area contributed by atoms with Gasteiger partial charge < -0.3 is 14.2 Å². The van der Waals surface area contributed by atoms with Gasteiger partial charge in [0, 0.05) is 11.6 Å². The molecule has 0 atom stereocenters.